The summed E-state index contributed by atoms with van der Waals surface area (Å²) in [4.78, 5) is 11.1. The van der Waals surface area contributed by atoms with Crippen LogP contribution in [0.25, 0.3) is 0 Å². The SMILES string of the molecule is O=C(O)C(c1ccc(F)cc1F)C1CCC1. The second kappa shape index (κ2) is 4.20. The maximum absolute atomic E-state index is 13.5. The van der Waals surface area contributed by atoms with Crippen LogP contribution in [0.4, 0.5) is 8.78 Å². The minimum absolute atomic E-state index is 0.0162. The molecule has 1 N–H and O–H groups in total. The van der Waals surface area contributed by atoms with Crippen LogP contribution in [0.15, 0.2) is 18.2 Å². The molecule has 1 saturated carbocycles. The van der Waals surface area contributed by atoms with Crippen molar-refractivity contribution in [1.82, 2.24) is 0 Å². The molecule has 0 heterocycles. The molecule has 1 aromatic carbocycles. The molecule has 2 nitrogen and oxygen atoms in total. The fraction of sp³-hybridized carbons (Fsp3) is 0.417. The average Bonchev–Trinajstić information content (AvgIpc) is 2.11. The molecule has 1 aromatic rings. The summed E-state index contributed by atoms with van der Waals surface area (Å²) in [5, 5.41) is 9.10. The normalized spacial score (nSPS) is 17.9. The van der Waals surface area contributed by atoms with Crippen LogP contribution >= 0.6 is 0 Å². The van der Waals surface area contributed by atoms with Crippen molar-refractivity contribution < 1.29 is 18.7 Å². The quantitative estimate of drug-likeness (QED) is 0.860. The predicted octanol–water partition coefficient (Wildman–Crippen LogP) is 2.93. The Bertz CT molecular complexity index is 413. The number of carbonyl (C=O) groups is 1. The zero-order valence-corrected chi connectivity index (χ0v) is 8.62. The van der Waals surface area contributed by atoms with Crippen molar-refractivity contribution in [1.29, 1.82) is 0 Å². The van der Waals surface area contributed by atoms with Crippen molar-refractivity contribution in [2.75, 3.05) is 0 Å². The number of hydrogen-bond donors (Lipinski definition) is 1. The smallest absolute Gasteiger partial charge is 0.311 e. The highest BCUT2D eigenvalue weighted by molar-refractivity contribution is 5.76. The first kappa shape index (κ1) is 11.0. The zero-order valence-electron chi connectivity index (χ0n) is 8.62. The number of hydrogen-bond acceptors (Lipinski definition) is 1. The van der Waals surface area contributed by atoms with Gasteiger partial charge in [0.15, 0.2) is 0 Å². The Morgan fingerprint density at radius 2 is 2.06 bits per heavy atom. The number of aliphatic carboxylic acids is 1. The number of halogens is 2. The lowest BCUT2D eigenvalue weighted by Crippen LogP contribution is -2.27. The molecule has 2 rings (SSSR count). The molecule has 1 fully saturated rings. The zero-order chi connectivity index (χ0) is 11.7. The summed E-state index contributed by atoms with van der Waals surface area (Å²) in [5.41, 5.74) is 0.0959. The highest BCUT2D eigenvalue weighted by Crippen LogP contribution is 2.40. The molecule has 1 aliphatic rings. The van der Waals surface area contributed by atoms with Crippen LogP contribution in [-0.4, -0.2) is 11.1 Å². The van der Waals surface area contributed by atoms with Gasteiger partial charge in [0.25, 0.3) is 0 Å². The minimum atomic E-state index is -1.03. The van der Waals surface area contributed by atoms with E-state index in [1.165, 1.54) is 6.07 Å². The maximum Gasteiger partial charge on any atom is 0.311 e. The van der Waals surface area contributed by atoms with Crippen LogP contribution < -0.4 is 0 Å². The average molecular weight is 226 g/mol. The maximum atomic E-state index is 13.5. The first-order valence-corrected chi connectivity index (χ1v) is 5.27. The third kappa shape index (κ3) is 1.92. The highest BCUT2D eigenvalue weighted by Gasteiger charge is 2.35. The van der Waals surface area contributed by atoms with Crippen molar-refractivity contribution in [3.05, 3.63) is 35.4 Å². The lowest BCUT2D eigenvalue weighted by atomic mass is 9.73. The summed E-state index contributed by atoms with van der Waals surface area (Å²) in [5.74, 6) is -3.33. The van der Waals surface area contributed by atoms with Gasteiger partial charge in [-0.1, -0.05) is 12.5 Å². The van der Waals surface area contributed by atoms with Crippen molar-refractivity contribution in [2.24, 2.45) is 5.92 Å². The van der Waals surface area contributed by atoms with E-state index in [-0.39, 0.29) is 11.5 Å². The Kier molecular flexibility index (Phi) is 2.90. The fourth-order valence-corrected chi connectivity index (χ4v) is 2.12. The van der Waals surface area contributed by atoms with Gasteiger partial charge < -0.3 is 5.11 Å². The Balaban J connectivity index is 2.34. The van der Waals surface area contributed by atoms with E-state index in [2.05, 4.69) is 0 Å². The fourth-order valence-electron chi connectivity index (χ4n) is 2.12. The van der Waals surface area contributed by atoms with Gasteiger partial charge in [-0.3, -0.25) is 4.79 Å². The molecule has 4 heteroatoms. The van der Waals surface area contributed by atoms with Gasteiger partial charge in [-0.05, 0) is 24.8 Å². The molecule has 0 aliphatic heterocycles. The first-order chi connectivity index (χ1) is 7.59. The van der Waals surface area contributed by atoms with E-state index in [0.717, 1.165) is 31.4 Å². The van der Waals surface area contributed by atoms with Crippen LogP contribution in [0.2, 0.25) is 0 Å². The molecule has 0 bridgehead atoms. The minimum Gasteiger partial charge on any atom is -0.481 e. The van der Waals surface area contributed by atoms with Crippen LogP contribution in [0, 0.1) is 17.6 Å². The van der Waals surface area contributed by atoms with Crippen LogP contribution in [0.1, 0.15) is 30.7 Å². The van der Waals surface area contributed by atoms with Crippen molar-refractivity contribution in [2.45, 2.75) is 25.2 Å². The van der Waals surface area contributed by atoms with Gasteiger partial charge in [0.05, 0.1) is 5.92 Å². The van der Waals surface area contributed by atoms with Crippen molar-refractivity contribution in [3.63, 3.8) is 0 Å². The van der Waals surface area contributed by atoms with E-state index in [1.807, 2.05) is 0 Å². The van der Waals surface area contributed by atoms with E-state index in [0.29, 0.717) is 0 Å². The molecule has 16 heavy (non-hydrogen) atoms. The van der Waals surface area contributed by atoms with Crippen LogP contribution in [-0.2, 0) is 4.79 Å². The summed E-state index contributed by atoms with van der Waals surface area (Å²) in [6.45, 7) is 0. The Morgan fingerprint density at radius 1 is 1.38 bits per heavy atom. The van der Waals surface area contributed by atoms with Crippen molar-refractivity contribution in [3.8, 4) is 0 Å². The topological polar surface area (TPSA) is 37.3 Å². The lowest BCUT2D eigenvalue weighted by molar-refractivity contribution is -0.141. The van der Waals surface area contributed by atoms with E-state index in [4.69, 9.17) is 5.11 Å². The summed E-state index contributed by atoms with van der Waals surface area (Å²) >= 11 is 0. The second-order valence-electron chi connectivity index (χ2n) is 4.17. The van der Waals surface area contributed by atoms with E-state index in [1.54, 1.807) is 0 Å². The van der Waals surface area contributed by atoms with Gasteiger partial charge in [-0.2, -0.15) is 0 Å². The van der Waals surface area contributed by atoms with E-state index in [9.17, 15) is 13.6 Å². The Morgan fingerprint density at radius 3 is 2.50 bits per heavy atom. The molecule has 0 saturated heterocycles. The summed E-state index contributed by atoms with van der Waals surface area (Å²) < 4.78 is 26.2. The molecule has 1 unspecified atom stereocenters. The monoisotopic (exact) mass is 226 g/mol. The molecule has 0 amide bonds. The van der Waals surface area contributed by atoms with E-state index < -0.39 is 23.5 Å². The summed E-state index contributed by atoms with van der Waals surface area (Å²) in [6, 6.07) is 3.08. The second-order valence-corrected chi connectivity index (χ2v) is 4.17. The van der Waals surface area contributed by atoms with Gasteiger partial charge in [0.2, 0.25) is 0 Å². The molecular weight excluding hydrogens is 214 g/mol. The molecule has 0 spiro atoms. The molecule has 0 aromatic heterocycles. The Hall–Kier alpha value is -1.45. The van der Waals surface area contributed by atoms with Gasteiger partial charge in [-0.15, -0.1) is 0 Å². The van der Waals surface area contributed by atoms with Gasteiger partial charge in [0, 0.05) is 11.6 Å². The van der Waals surface area contributed by atoms with Crippen LogP contribution in [0.5, 0.6) is 0 Å². The van der Waals surface area contributed by atoms with Crippen molar-refractivity contribution >= 4 is 5.97 Å². The molecule has 0 radical (unpaired) electrons. The van der Waals surface area contributed by atoms with Crippen LogP contribution in [0.3, 0.4) is 0 Å². The predicted molar refractivity (Wildman–Crippen MR) is 54.1 cm³/mol. The third-order valence-corrected chi connectivity index (χ3v) is 3.18. The highest BCUT2D eigenvalue weighted by atomic mass is 19.1. The van der Waals surface area contributed by atoms with Gasteiger partial charge >= 0.3 is 5.97 Å². The summed E-state index contributed by atoms with van der Waals surface area (Å²) in [6.07, 6.45) is 2.58. The largest absolute Gasteiger partial charge is 0.481 e. The number of carboxylic acid groups (broad SMARTS) is 1. The molecular formula is C12H12F2O2. The van der Waals surface area contributed by atoms with E-state index >= 15 is 0 Å². The molecule has 86 valence electrons. The molecule has 1 atom stereocenters. The lowest BCUT2D eigenvalue weighted by Gasteiger charge is -2.31. The molecule has 1 aliphatic carbocycles. The number of benzene rings is 1. The Labute approximate surface area is 91.9 Å². The number of carboxylic acids is 1. The van der Waals surface area contributed by atoms with Gasteiger partial charge in [-0.25, -0.2) is 8.78 Å². The van der Waals surface area contributed by atoms with Gasteiger partial charge in [0.1, 0.15) is 11.6 Å². The standard InChI is InChI=1S/C12H12F2O2/c13-8-4-5-9(10(14)6-8)11(12(15)16)7-2-1-3-7/h4-7,11H,1-3H2,(H,15,16). The third-order valence-electron chi connectivity index (χ3n) is 3.18. The number of rotatable bonds is 3. The summed E-state index contributed by atoms with van der Waals surface area (Å²) in [7, 11) is 0. The first-order valence-electron chi connectivity index (χ1n) is 5.27.